The summed E-state index contributed by atoms with van der Waals surface area (Å²) >= 11 is 0. The van der Waals surface area contributed by atoms with Crippen LogP contribution in [-0.2, 0) is 14.3 Å². The molecule has 0 unspecified atom stereocenters. The first kappa shape index (κ1) is 13.6. The van der Waals surface area contributed by atoms with Gasteiger partial charge in [0, 0.05) is 5.69 Å². The van der Waals surface area contributed by atoms with Gasteiger partial charge in [-0.2, -0.15) is 0 Å². The fourth-order valence-corrected chi connectivity index (χ4v) is 2.08. The van der Waals surface area contributed by atoms with E-state index in [1.807, 2.05) is 39.0 Å². The van der Waals surface area contributed by atoms with Crippen LogP contribution >= 0.6 is 0 Å². The number of carbonyl (C=O) groups excluding carboxylic acids is 2. The van der Waals surface area contributed by atoms with Crippen LogP contribution < -0.4 is 5.32 Å². The van der Waals surface area contributed by atoms with Gasteiger partial charge in [-0.1, -0.05) is 25.1 Å². The third-order valence-corrected chi connectivity index (χ3v) is 3.50. The summed E-state index contributed by atoms with van der Waals surface area (Å²) in [6, 6.07) is 5.80. The molecule has 4 nitrogen and oxygen atoms in total. The Hall–Kier alpha value is -1.84. The van der Waals surface area contributed by atoms with Gasteiger partial charge in [-0.15, -0.1) is 0 Å². The maximum atomic E-state index is 11.8. The van der Waals surface area contributed by atoms with E-state index in [2.05, 4.69) is 5.32 Å². The van der Waals surface area contributed by atoms with E-state index in [1.165, 1.54) is 0 Å². The van der Waals surface area contributed by atoms with Crippen LogP contribution in [0.5, 0.6) is 0 Å². The molecule has 1 aromatic rings. The van der Waals surface area contributed by atoms with Crippen molar-refractivity contribution in [1.82, 2.24) is 0 Å². The van der Waals surface area contributed by atoms with Crippen LogP contribution in [-0.4, -0.2) is 18.5 Å². The molecular formula is C15H19NO3. The van der Waals surface area contributed by atoms with Crippen LogP contribution in [0.4, 0.5) is 5.69 Å². The zero-order valence-corrected chi connectivity index (χ0v) is 11.5. The molecule has 1 N–H and O–H groups in total. The molecule has 2 atom stereocenters. The van der Waals surface area contributed by atoms with Crippen molar-refractivity contribution in [3.05, 3.63) is 29.3 Å². The first-order valence-electron chi connectivity index (χ1n) is 6.51. The lowest BCUT2D eigenvalue weighted by Gasteiger charge is -2.11. The second-order valence-electron chi connectivity index (χ2n) is 5.24. The predicted octanol–water partition coefficient (Wildman–Crippen LogP) is 2.44. The van der Waals surface area contributed by atoms with Gasteiger partial charge in [0.05, 0.1) is 5.92 Å². The van der Waals surface area contributed by atoms with Gasteiger partial charge >= 0.3 is 5.97 Å². The van der Waals surface area contributed by atoms with E-state index < -0.39 is 0 Å². The van der Waals surface area contributed by atoms with Crippen molar-refractivity contribution in [1.29, 1.82) is 0 Å². The van der Waals surface area contributed by atoms with Gasteiger partial charge in [-0.05, 0) is 37.3 Å². The van der Waals surface area contributed by atoms with Crippen LogP contribution in [0.2, 0.25) is 0 Å². The molecule has 4 heteroatoms. The van der Waals surface area contributed by atoms with Crippen molar-refractivity contribution >= 4 is 17.6 Å². The minimum atomic E-state index is -0.293. The second kappa shape index (κ2) is 5.43. The van der Waals surface area contributed by atoms with Gasteiger partial charge in [0.25, 0.3) is 5.91 Å². The normalized spacial score (nSPS) is 20.8. The molecule has 0 aromatic heterocycles. The lowest BCUT2D eigenvalue weighted by atomic mass is 10.1. The van der Waals surface area contributed by atoms with E-state index >= 15 is 0 Å². The van der Waals surface area contributed by atoms with Gasteiger partial charge in [0.15, 0.2) is 6.61 Å². The SMILES string of the molecule is Cc1cccc(C)c1NC(=O)COC(=O)[C@@H]1C[C@H]1C. The van der Waals surface area contributed by atoms with Crippen LogP contribution in [0, 0.1) is 25.7 Å². The van der Waals surface area contributed by atoms with Gasteiger partial charge in [0.2, 0.25) is 0 Å². The molecule has 19 heavy (non-hydrogen) atoms. The highest BCUT2D eigenvalue weighted by molar-refractivity contribution is 5.94. The Morgan fingerprint density at radius 1 is 1.32 bits per heavy atom. The molecule has 0 radical (unpaired) electrons. The Kier molecular flexibility index (Phi) is 3.88. The lowest BCUT2D eigenvalue weighted by molar-refractivity contribution is -0.148. The van der Waals surface area contributed by atoms with Crippen molar-refractivity contribution < 1.29 is 14.3 Å². The van der Waals surface area contributed by atoms with Crippen molar-refractivity contribution in [3.8, 4) is 0 Å². The number of hydrogen-bond acceptors (Lipinski definition) is 3. The third kappa shape index (κ3) is 3.34. The van der Waals surface area contributed by atoms with Crippen molar-refractivity contribution in [2.75, 3.05) is 11.9 Å². The van der Waals surface area contributed by atoms with Crippen molar-refractivity contribution in [3.63, 3.8) is 0 Å². The summed E-state index contributed by atoms with van der Waals surface area (Å²) < 4.78 is 5.00. The van der Waals surface area contributed by atoms with Crippen LogP contribution in [0.15, 0.2) is 18.2 Å². The molecule has 0 saturated heterocycles. The highest BCUT2D eigenvalue weighted by Gasteiger charge is 2.40. The summed E-state index contributed by atoms with van der Waals surface area (Å²) in [6.45, 7) is 5.65. The molecule has 1 aliphatic rings. The Morgan fingerprint density at radius 2 is 1.89 bits per heavy atom. The quantitative estimate of drug-likeness (QED) is 0.847. The zero-order chi connectivity index (χ0) is 14.0. The molecule has 1 saturated carbocycles. The highest BCUT2D eigenvalue weighted by Crippen LogP contribution is 2.38. The molecule has 1 fully saturated rings. The molecule has 102 valence electrons. The number of para-hydroxylation sites is 1. The second-order valence-corrected chi connectivity index (χ2v) is 5.24. The molecule has 0 aliphatic heterocycles. The van der Waals surface area contributed by atoms with E-state index in [1.54, 1.807) is 0 Å². The van der Waals surface area contributed by atoms with Crippen molar-refractivity contribution in [2.45, 2.75) is 27.2 Å². The zero-order valence-electron chi connectivity index (χ0n) is 11.5. The summed E-state index contributed by atoms with van der Waals surface area (Å²) in [7, 11) is 0. The molecular weight excluding hydrogens is 242 g/mol. The summed E-state index contributed by atoms with van der Waals surface area (Å²) in [5.74, 6) is -0.162. The third-order valence-electron chi connectivity index (χ3n) is 3.50. The van der Waals surface area contributed by atoms with Crippen LogP contribution in [0.25, 0.3) is 0 Å². The fourth-order valence-electron chi connectivity index (χ4n) is 2.08. The van der Waals surface area contributed by atoms with E-state index in [-0.39, 0.29) is 24.4 Å². The summed E-state index contributed by atoms with van der Waals surface area (Å²) in [5, 5.41) is 2.79. The standard InChI is InChI=1S/C15H19NO3/c1-9-5-4-6-10(2)14(9)16-13(17)8-19-15(18)12-7-11(12)3/h4-6,11-12H,7-8H2,1-3H3,(H,16,17)/t11-,12-/m1/s1. The number of benzene rings is 1. The van der Waals surface area contributed by atoms with E-state index in [0.717, 1.165) is 23.2 Å². The van der Waals surface area contributed by atoms with Gasteiger partial charge in [-0.25, -0.2) is 0 Å². The number of anilines is 1. The topological polar surface area (TPSA) is 55.4 Å². The Balaban J connectivity index is 1.86. The average molecular weight is 261 g/mol. The maximum absolute atomic E-state index is 11.8. The number of carbonyl (C=O) groups is 2. The number of ether oxygens (including phenoxy) is 1. The summed E-state index contributed by atoms with van der Waals surface area (Å²) in [4.78, 5) is 23.3. The first-order valence-corrected chi connectivity index (χ1v) is 6.51. The van der Waals surface area contributed by atoms with E-state index in [0.29, 0.717) is 5.92 Å². The summed E-state index contributed by atoms with van der Waals surface area (Å²) in [5.41, 5.74) is 2.79. The summed E-state index contributed by atoms with van der Waals surface area (Å²) in [6.07, 6.45) is 0.872. The van der Waals surface area contributed by atoms with Crippen LogP contribution in [0.3, 0.4) is 0 Å². The van der Waals surface area contributed by atoms with Gasteiger partial charge in [0.1, 0.15) is 0 Å². The minimum absolute atomic E-state index is 0.00648. The first-order chi connectivity index (χ1) is 8.99. The Labute approximate surface area is 113 Å². The fraction of sp³-hybridized carbons (Fsp3) is 0.467. The largest absolute Gasteiger partial charge is 0.455 e. The lowest BCUT2D eigenvalue weighted by Crippen LogP contribution is -2.22. The minimum Gasteiger partial charge on any atom is -0.455 e. The molecule has 0 heterocycles. The average Bonchev–Trinajstić information content (AvgIpc) is 3.08. The molecule has 0 bridgehead atoms. The molecule has 2 rings (SSSR count). The number of amides is 1. The predicted molar refractivity (Wildman–Crippen MR) is 72.8 cm³/mol. The number of nitrogens with one attached hydrogen (secondary N) is 1. The van der Waals surface area contributed by atoms with E-state index in [4.69, 9.17) is 4.74 Å². The van der Waals surface area contributed by atoms with E-state index in [9.17, 15) is 9.59 Å². The number of rotatable bonds is 4. The van der Waals surface area contributed by atoms with Gasteiger partial charge in [-0.3, -0.25) is 9.59 Å². The smallest absolute Gasteiger partial charge is 0.309 e. The monoisotopic (exact) mass is 261 g/mol. The Morgan fingerprint density at radius 3 is 2.42 bits per heavy atom. The molecule has 1 aromatic carbocycles. The molecule has 1 amide bonds. The van der Waals surface area contributed by atoms with Gasteiger partial charge < -0.3 is 10.1 Å². The molecule has 0 spiro atoms. The number of aryl methyl sites for hydroxylation is 2. The maximum Gasteiger partial charge on any atom is 0.309 e. The molecule has 1 aliphatic carbocycles. The van der Waals surface area contributed by atoms with Crippen LogP contribution in [0.1, 0.15) is 24.5 Å². The Bertz CT molecular complexity index is 490. The number of esters is 1. The van der Waals surface area contributed by atoms with Crippen molar-refractivity contribution in [2.24, 2.45) is 11.8 Å². The highest BCUT2D eigenvalue weighted by atomic mass is 16.5. The number of hydrogen-bond donors (Lipinski definition) is 1.